The standard InChI is InChI=1S/C24H34N2O4/c1-15(27)25-18-7-5-16(6-8-18)21-19-13-17-14-24(19,10-12-30-21)22(23(17,2)3)26-20(28)9-11-29-4/h5-8,17,19,21-22H,9-14H2,1-4H3,(H,25,27)(H,26,28)/t17-,19-,21-,22+,24-/m1/s1. The van der Waals surface area contributed by atoms with E-state index in [9.17, 15) is 9.59 Å². The largest absolute Gasteiger partial charge is 0.384 e. The molecule has 1 spiro atoms. The summed E-state index contributed by atoms with van der Waals surface area (Å²) in [5.41, 5.74) is 2.11. The summed E-state index contributed by atoms with van der Waals surface area (Å²) in [6.07, 6.45) is 3.72. The van der Waals surface area contributed by atoms with Crippen LogP contribution in [0.3, 0.4) is 0 Å². The van der Waals surface area contributed by atoms with E-state index >= 15 is 0 Å². The molecular weight excluding hydrogens is 380 g/mol. The Labute approximate surface area is 179 Å². The molecule has 0 unspecified atom stereocenters. The molecule has 6 nitrogen and oxygen atoms in total. The molecule has 5 atom stereocenters. The Morgan fingerprint density at radius 1 is 1.23 bits per heavy atom. The first kappa shape index (κ1) is 21.3. The second kappa shape index (κ2) is 7.97. The van der Waals surface area contributed by atoms with Gasteiger partial charge in [-0.05, 0) is 59.6 Å². The van der Waals surface area contributed by atoms with Gasteiger partial charge in [0.2, 0.25) is 11.8 Å². The van der Waals surface area contributed by atoms with E-state index in [1.54, 1.807) is 7.11 Å². The lowest BCUT2D eigenvalue weighted by molar-refractivity contribution is -0.137. The van der Waals surface area contributed by atoms with Crippen molar-refractivity contribution in [3.63, 3.8) is 0 Å². The molecule has 3 aliphatic rings. The molecule has 1 aliphatic heterocycles. The minimum atomic E-state index is -0.0713. The number of nitrogens with one attached hydrogen (secondary N) is 2. The molecule has 4 rings (SSSR count). The zero-order valence-electron chi connectivity index (χ0n) is 18.5. The zero-order chi connectivity index (χ0) is 21.5. The van der Waals surface area contributed by atoms with E-state index in [4.69, 9.17) is 9.47 Å². The van der Waals surface area contributed by atoms with Crippen LogP contribution in [0.1, 0.15) is 58.1 Å². The molecule has 30 heavy (non-hydrogen) atoms. The fraction of sp³-hybridized carbons (Fsp3) is 0.667. The van der Waals surface area contributed by atoms with Crippen LogP contribution in [-0.4, -0.2) is 38.2 Å². The van der Waals surface area contributed by atoms with Crippen LogP contribution >= 0.6 is 0 Å². The van der Waals surface area contributed by atoms with E-state index in [-0.39, 0.29) is 34.8 Å². The third kappa shape index (κ3) is 3.54. The van der Waals surface area contributed by atoms with Crippen molar-refractivity contribution in [1.29, 1.82) is 0 Å². The van der Waals surface area contributed by atoms with Crippen molar-refractivity contribution in [1.82, 2.24) is 5.32 Å². The first-order chi connectivity index (χ1) is 14.3. The summed E-state index contributed by atoms with van der Waals surface area (Å²) in [6.45, 7) is 7.31. The first-order valence-corrected chi connectivity index (χ1v) is 11.1. The number of carbonyl (C=O) groups is 2. The Bertz CT molecular complexity index is 806. The molecule has 2 amide bonds. The highest BCUT2D eigenvalue weighted by molar-refractivity contribution is 5.88. The van der Waals surface area contributed by atoms with E-state index in [0.717, 1.165) is 30.5 Å². The molecule has 2 N–H and O–H groups in total. The van der Waals surface area contributed by atoms with Crippen LogP contribution in [0.2, 0.25) is 0 Å². The van der Waals surface area contributed by atoms with Gasteiger partial charge >= 0.3 is 0 Å². The average Bonchev–Trinajstić information content (AvgIpc) is 3.19. The van der Waals surface area contributed by atoms with Gasteiger partial charge in [0.25, 0.3) is 0 Å². The molecule has 1 saturated heterocycles. The Morgan fingerprint density at radius 2 is 1.97 bits per heavy atom. The molecule has 1 aromatic carbocycles. The number of amides is 2. The number of fused-ring (bicyclic) bond motifs is 1. The predicted molar refractivity (Wildman–Crippen MR) is 115 cm³/mol. The van der Waals surface area contributed by atoms with Crippen LogP contribution in [0.4, 0.5) is 5.69 Å². The summed E-state index contributed by atoms with van der Waals surface area (Å²) in [6, 6.07) is 8.19. The number of hydrogen-bond acceptors (Lipinski definition) is 4. The molecule has 2 saturated carbocycles. The predicted octanol–water partition coefficient (Wildman–Crippen LogP) is 3.68. The lowest BCUT2D eigenvalue weighted by atomic mass is 9.59. The normalized spacial score (nSPS) is 33.7. The number of hydrogen-bond donors (Lipinski definition) is 2. The van der Waals surface area contributed by atoms with E-state index in [1.165, 1.54) is 6.92 Å². The van der Waals surface area contributed by atoms with Crippen LogP contribution in [-0.2, 0) is 19.1 Å². The summed E-state index contributed by atoms with van der Waals surface area (Å²) in [5, 5.41) is 6.23. The smallest absolute Gasteiger partial charge is 0.222 e. The molecule has 3 fully saturated rings. The second-order valence-electron chi connectivity index (χ2n) is 9.89. The molecule has 2 bridgehead atoms. The molecule has 1 heterocycles. The number of ether oxygens (including phenoxy) is 2. The number of carbonyl (C=O) groups excluding carboxylic acids is 2. The Kier molecular flexibility index (Phi) is 5.66. The van der Waals surface area contributed by atoms with Gasteiger partial charge in [-0.1, -0.05) is 26.0 Å². The third-order valence-corrected chi connectivity index (χ3v) is 7.90. The maximum Gasteiger partial charge on any atom is 0.222 e. The van der Waals surface area contributed by atoms with E-state index in [0.29, 0.717) is 31.5 Å². The lowest BCUT2D eigenvalue weighted by Crippen LogP contribution is -2.59. The lowest BCUT2D eigenvalue weighted by Gasteiger charge is -2.53. The maximum atomic E-state index is 12.6. The maximum absolute atomic E-state index is 12.6. The highest BCUT2D eigenvalue weighted by Crippen LogP contribution is 2.70. The van der Waals surface area contributed by atoms with Crippen molar-refractivity contribution < 1.29 is 19.1 Å². The topological polar surface area (TPSA) is 76.7 Å². The van der Waals surface area contributed by atoms with Crippen LogP contribution < -0.4 is 10.6 Å². The Morgan fingerprint density at radius 3 is 2.63 bits per heavy atom. The number of anilines is 1. The first-order valence-electron chi connectivity index (χ1n) is 11.1. The van der Waals surface area contributed by atoms with Gasteiger partial charge in [0.15, 0.2) is 0 Å². The highest BCUT2D eigenvalue weighted by Gasteiger charge is 2.68. The summed E-state index contributed by atoms with van der Waals surface area (Å²) >= 11 is 0. The summed E-state index contributed by atoms with van der Waals surface area (Å²) in [7, 11) is 1.63. The van der Waals surface area contributed by atoms with Crippen LogP contribution in [0, 0.1) is 22.7 Å². The molecule has 1 aromatic rings. The quantitative estimate of drug-likeness (QED) is 0.744. The number of methoxy groups -OCH3 is 1. The highest BCUT2D eigenvalue weighted by atomic mass is 16.5. The molecule has 6 heteroatoms. The second-order valence-corrected chi connectivity index (χ2v) is 9.89. The van der Waals surface area contributed by atoms with Gasteiger partial charge in [-0.15, -0.1) is 0 Å². The number of rotatable bonds is 6. The van der Waals surface area contributed by atoms with E-state index in [2.05, 4.69) is 36.6 Å². The minimum absolute atomic E-state index is 0.0320. The van der Waals surface area contributed by atoms with Gasteiger partial charge in [0.05, 0.1) is 12.7 Å². The molecular formula is C24H34N2O4. The van der Waals surface area contributed by atoms with Crippen molar-refractivity contribution in [2.24, 2.45) is 22.7 Å². The van der Waals surface area contributed by atoms with Crippen molar-refractivity contribution in [3.8, 4) is 0 Å². The summed E-state index contributed by atoms with van der Waals surface area (Å²) < 4.78 is 11.4. The van der Waals surface area contributed by atoms with Crippen molar-refractivity contribution in [2.75, 3.05) is 25.6 Å². The van der Waals surface area contributed by atoms with Crippen LogP contribution in [0.15, 0.2) is 24.3 Å². The number of benzene rings is 1. The summed E-state index contributed by atoms with van der Waals surface area (Å²) in [4.78, 5) is 23.9. The van der Waals surface area contributed by atoms with Gasteiger partial charge in [-0.2, -0.15) is 0 Å². The molecule has 164 valence electrons. The molecule has 0 aromatic heterocycles. The van der Waals surface area contributed by atoms with Gasteiger partial charge < -0.3 is 20.1 Å². The Hall–Kier alpha value is -1.92. The molecule has 0 radical (unpaired) electrons. The van der Waals surface area contributed by atoms with Crippen molar-refractivity contribution in [2.45, 2.75) is 58.6 Å². The monoisotopic (exact) mass is 414 g/mol. The fourth-order valence-electron chi connectivity index (χ4n) is 6.50. The van der Waals surface area contributed by atoms with E-state index in [1.807, 2.05) is 12.1 Å². The van der Waals surface area contributed by atoms with Gasteiger partial charge in [0.1, 0.15) is 0 Å². The van der Waals surface area contributed by atoms with Crippen molar-refractivity contribution >= 4 is 17.5 Å². The van der Waals surface area contributed by atoms with Crippen LogP contribution in [0.5, 0.6) is 0 Å². The third-order valence-electron chi connectivity index (χ3n) is 7.90. The molecule has 2 aliphatic carbocycles. The minimum Gasteiger partial charge on any atom is -0.384 e. The average molecular weight is 415 g/mol. The SMILES string of the molecule is COCCC(=O)N[C@H]1C(C)(C)[C@@H]2C[C@@H]3[C@@H](c4ccc(NC(C)=O)cc4)OCC[C@@]31C2. The van der Waals surface area contributed by atoms with Gasteiger partial charge in [-0.3, -0.25) is 9.59 Å². The van der Waals surface area contributed by atoms with Gasteiger partial charge in [0, 0.05) is 38.8 Å². The van der Waals surface area contributed by atoms with Gasteiger partial charge in [-0.25, -0.2) is 0 Å². The summed E-state index contributed by atoms with van der Waals surface area (Å²) in [5.74, 6) is 0.984. The zero-order valence-corrected chi connectivity index (χ0v) is 18.5. The van der Waals surface area contributed by atoms with E-state index < -0.39 is 0 Å². The Balaban J connectivity index is 1.58. The van der Waals surface area contributed by atoms with Crippen LogP contribution in [0.25, 0.3) is 0 Å². The van der Waals surface area contributed by atoms with Crippen molar-refractivity contribution in [3.05, 3.63) is 29.8 Å². The fourth-order valence-corrected chi connectivity index (χ4v) is 6.50.